The molecule has 0 unspecified atom stereocenters. The molecular formula is C18H21N3O. The molecule has 4 nitrogen and oxygen atoms in total. The van der Waals surface area contributed by atoms with Crippen LogP contribution in [0.15, 0.2) is 24.3 Å². The summed E-state index contributed by atoms with van der Waals surface area (Å²) in [6.45, 7) is 8.14. The van der Waals surface area contributed by atoms with Crippen molar-refractivity contribution in [3.05, 3.63) is 46.8 Å². The van der Waals surface area contributed by atoms with Crippen LogP contribution in [-0.4, -0.2) is 15.7 Å². The van der Waals surface area contributed by atoms with Crippen LogP contribution in [-0.2, 0) is 12.5 Å². The summed E-state index contributed by atoms with van der Waals surface area (Å²) in [6, 6.07) is 7.36. The maximum absolute atomic E-state index is 12.4. The quantitative estimate of drug-likeness (QED) is 0.864. The van der Waals surface area contributed by atoms with Crippen molar-refractivity contribution in [2.45, 2.75) is 33.1 Å². The van der Waals surface area contributed by atoms with Crippen LogP contribution in [0, 0.1) is 19.3 Å². The maximum Gasteiger partial charge on any atom is 0.273 e. The van der Waals surface area contributed by atoms with E-state index in [0.29, 0.717) is 11.4 Å². The summed E-state index contributed by atoms with van der Waals surface area (Å²) in [6.07, 6.45) is 5.46. The highest BCUT2D eigenvalue weighted by molar-refractivity contribution is 6.03. The number of rotatable bonds is 2. The highest BCUT2D eigenvalue weighted by atomic mass is 16.2. The number of terminal acetylenes is 1. The first-order valence-corrected chi connectivity index (χ1v) is 7.15. The Bertz CT molecular complexity index is 758. The highest BCUT2D eigenvalue weighted by Gasteiger charge is 2.21. The van der Waals surface area contributed by atoms with Crippen molar-refractivity contribution >= 4 is 11.6 Å². The standard InChI is InChI=1S/C18H21N3O/c1-7-13-10-14(9-8-12(13)2)19-17(22)15-11-16(18(3,4)5)20-21(15)6/h1,8-11H,2-6H3,(H,19,22). The van der Waals surface area contributed by atoms with E-state index in [0.717, 1.165) is 16.8 Å². The summed E-state index contributed by atoms with van der Waals surface area (Å²) >= 11 is 0. The van der Waals surface area contributed by atoms with Crippen molar-refractivity contribution in [2.24, 2.45) is 7.05 Å². The van der Waals surface area contributed by atoms with Crippen LogP contribution in [0.4, 0.5) is 5.69 Å². The summed E-state index contributed by atoms with van der Waals surface area (Å²) in [7, 11) is 1.77. The number of amides is 1. The Balaban J connectivity index is 2.27. The van der Waals surface area contributed by atoms with E-state index in [1.54, 1.807) is 17.8 Å². The highest BCUT2D eigenvalue weighted by Crippen LogP contribution is 2.22. The Morgan fingerprint density at radius 1 is 1.32 bits per heavy atom. The lowest BCUT2D eigenvalue weighted by Gasteiger charge is -2.13. The molecule has 0 fully saturated rings. The second kappa shape index (κ2) is 5.69. The van der Waals surface area contributed by atoms with Gasteiger partial charge in [-0.3, -0.25) is 9.48 Å². The molecule has 0 atom stereocenters. The molecule has 0 aliphatic heterocycles. The van der Waals surface area contributed by atoms with Gasteiger partial charge in [-0.1, -0.05) is 32.8 Å². The average Bonchev–Trinajstić information content (AvgIpc) is 2.83. The number of aryl methyl sites for hydroxylation is 2. The lowest BCUT2D eigenvalue weighted by molar-refractivity contribution is 0.101. The smallest absolute Gasteiger partial charge is 0.273 e. The second-order valence-corrected chi connectivity index (χ2v) is 6.42. The van der Waals surface area contributed by atoms with Gasteiger partial charge in [0.2, 0.25) is 0 Å². The molecule has 1 aromatic carbocycles. The van der Waals surface area contributed by atoms with E-state index in [1.807, 2.05) is 25.1 Å². The normalized spacial score (nSPS) is 11.1. The van der Waals surface area contributed by atoms with Crippen LogP contribution < -0.4 is 5.32 Å². The average molecular weight is 295 g/mol. The molecule has 1 amide bonds. The molecule has 22 heavy (non-hydrogen) atoms. The zero-order valence-electron chi connectivity index (χ0n) is 13.7. The number of nitrogens with zero attached hydrogens (tertiary/aromatic N) is 2. The largest absolute Gasteiger partial charge is 0.321 e. The Morgan fingerprint density at radius 2 is 2.00 bits per heavy atom. The molecule has 4 heteroatoms. The predicted octanol–water partition coefficient (Wildman–Crippen LogP) is 3.26. The van der Waals surface area contributed by atoms with E-state index in [2.05, 4.69) is 37.1 Å². The zero-order valence-corrected chi connectivity index (χ0v) is 13.7. The molecule has 0 saturated heterocycles. The van der Waals surface area contributed by atoms with E-state index in [9.17, 15) is 4.79 Å². The molecule has 1 aromatic heterocycles. The molecule has 0 bridgehead atoms. The number of anilines is 1. The number of carbonyl (C=O) groups excluding carboxylic acids is 1. The fraction of sp³-hybridized carbons (Fsp3) is 0.333. The predicted molar refractivity (Wildman–Crippen MR) is 89.0 cm³/mol. The molecule has 1 N–H and O–H groups in total. The van der Waals surface area contributed by atoms with Crippen LogP contribution in [0.5, 0.6) is 0 Å². The number of hydrogen-bond acceptors (Lipinski definition) is 2. The van der Waals surface area contributed by atoms with Crippen LogP contribution in [0.2, 0.25) is 0 Å². The van der Waals surface area contributed by atoms with Gasteiger partial charge in [-0.05, 0) is 30.7 Å². The van der Waals surface area contributed by atoms with E-state index in [-0.39, 0.29) is 11.3 Å². The number of aromatic nitrogens is 2. The molecule has 2 rings (SSSR count). The topological polar surface area (TPSA) is 46.9 Å². The Labute approximate surface area is 131 Å². The number of hydrogen-bond donors (Lipinski definition) is 1. The van der Waals surface area contributed by atoms with Gasteiger partial charge in [0.1, 0.15) is 5.69 Å². The van der Waals surface area contributed by atoms with Crippen molar-refractivity contribution < 1.29 is 4.79 Å². The van der Waals surface area contributed by atoms with Crippen molar-refractivity contribution in [3.63, 3.8) is 0 Å². The van der Waals surface area contributed by atoms with Gasteiger partial charge in [-0.25, -0.2) is 0 Å². The molecule has 2 aromatic rings. The third-order valence-electron chi connectivity index (χ3n) is 3.53. The Morgan fingerprint density at radius 3 is 2.55 bits per heavy atom. The first-order chi connectivity index (χ1) is 10.2. The minimum Gasteiger partial charge on any atom is -0.321 e. The van der Waals surface area contributed by atoms with Crippen molar-refractivity contribution in [2.75, 3.05) is 5.32 Å². The third kappa shape index (κ3) is 3.20. The lowest BCUT2D eigenvalue weighted by Crippen LogP contribution is -2.16. The summed E-state index contributed by atoms with van der Waals surface area (Å²) in [4.78, 5) is 12.4. The Hall–Kier alpha value is -2.54. The van der Waals surface area contributed by atoms with Gasteiger partial charge in [0.05, 0.1) is 5.69 Å². The molecule has 0 aliphatic carbocycles. The van der Waals surface area contributed by atoms with E-state index in [4.69, 9.17) is 6.42 Å². The Kier molecular flexibility index (Phi) is 4.09. The first kappa shape index (κ1) is 15.8. The molecule has 0 aliphatic rings. The SMILES string of the molecule is C#Cc1cc(NC(=O)c2cc(C(C)(C)C)nn2C)ccc1C. The number of nitrogens with one attached hydrogen (secondary N) is 1. The first-order valence-electron chi connectivity index (χ1n) is 7.15. The van der Waals surface area contributed by atoms with Gasteiger partial charge in [0.25, 0.3) is 5.91 Å². The van der Waals surface area contributed by atoms with Gasteiger partial charge in [0, 0.05) is 23.7 Å². The summed E-state index contributed by atoms with van der Waals surface area (Å²) in [5, 5.41) is 7.29. The van der Waals surface area contributed by atoms with E-state index >= 15 is 0 Å². The summed E-state index contributed by atoms with van der Waals surface area (Å²) in [5.41, 5.74) is 3.77. The van der Waals surface area contributed by atoms with Gasteiger partial charge < -0.3 is 5.32 Å². The van der Waals surface area contributed by atoms with Gasteiger partial charge in [-0.2, -0.15) is 5.10 Å². The fourth-order valence-electron chi connectivity index (χ4n) is 2.10. The van der Waals surface area contributed by atoms with Gasteiger partial charge >= 0.3 is 0 Å². The second-order valence-electron chi connectivity index (χ2n) is 6.42. The van der Waals surface area contributed by atoms with E-state index < -0.39 is 0 Å². The van der Waals surface area contributed by atoms with Gasteiger partial charge in [0.15, 0.2) is 0 Å². The van der Waals surface area contributed by atoms with Crippen molar-refractivity contribution in [3.8, 4) is 12.3 Å². The van der Waals surface area contributed by atoms with Crippen LogP contribution in [0.1, 0.15) is 48.1 Å². The number of benzene rings is 1. The minimum absolute atomic E-state index is 0.100. The fourth-order valence-corrected chi connectivity index (χ4v) is 2.10. The minimum atomic E-state index is -0.197. The summed E-state index contributed by atoms with van der Waals surface area (Å²) < 4.78 is 1.60. The molecule has 1 heterocycles. The maximum atomic E-state index is 12.4. The third-order valence-corrected chi connectivity index (χ3v) is 3.53. The van der Waals surface area contributed by atoms with Gasteiger partial charge in [-0.15, -0.1) is 6.42 Å². The molecule has 0 spiro atoms. The van der Waals surface area contributed by atoms with Crippen molar-refractivity contribution in [1.29, 1.82) is 0 Å². The zero-order chi connectivity index (χ0) is 16.5. The van der Waals surface area contributed by atoms with Crippen LogP contribution >= 0.6 is 0 Å². The van der Waals surface area contributed by atoms with Crippen LogP contribution in [0.25, 0.3) is 0 Å². The molecule has 114 valence electrons. The monoisotopic (exact) mass is 295 g/mol. The van der Waals surface area contributed by atoms with E-state index in [1.165, 1.54) is 0 Å². The lowest BCUT2D eigenvalue weighted by atomic mass is 9.92. The van der Waals surface area contributed by atoms with Crippen LogP contribution in [0.3, 0.4) is 0 Å². The molecule has 0 saturated carbocycles. The number of carbonyl (C=O) groups is 1. The summed E-state index contributed by atoms with van der Waals surface area (Å²) in [5.74, 6) is 2.42. The molecular weight excluding hydrogens is 274 g/mol. The van der Waals surface area contributed by atoms with Crippen molar-refractivity contribution in [1.82, 2.24) is 9.78 Å². The molecule has 0 radical (unpaired) electrons.